The number of sulfonamides is 1. The zero-order valence-corrected chi connectivity index (χ0v) is 14.5. The van der Waals surface area contributed by atoms with Crippen molar-refractivity contribution in [1.29, 1.82) is 5.26 Å². The van der Waals surface area contributed by atoms with Crippen LogP contribution in [0, 0.1) is 11.3 Å². The summed E-state index contributed by atoms with van der Waals surface area (Å²) in [5, 5.41) is 19.6. The molecule has 0 radical (unpaired) electrons. The molecule has 0 aliphatic rings. The fourth-order valence-corrected chi connectivity index (χ4v) is 2.51. The molecule has 2 aromatic rings. The number of aromatic nitrogens is 1. The molecule has 0 saturated heterocycles. The number of nitrogens with zero attached hydrogens (tertiary/aromatic N) is 2. The van der Waals surface area contributed by atoms with Gasteiger partial charge in [0.15, 0.2) is 0 Å². The molecule has 0 aliphatic carbocycles. The van der Waals surface area contributed by atoms with Crippen LogP contribution in [0.3, 0.4) is 0 Å². The SMILES string of the molecule is N#C/C(=C/NCc1ccc(S(N)(=O)=O)cc1)C(=O)NCc1cccnc1. The van der Waals surface area contributed by atoms with Crippen molar-refractivity contribution in [3.63, 3.8) is 0 Å². The summed E-state index contributed by atoms with van der Waals surface area (Å²) in [7, 11) is -3.73. The normalized spacial score (nSPS) is 11.5. The van der Waals surface area contributed by atoms with Crippen molar-refractivity contribution >= 4 is 15.9 Å². The van der Waals surface area contributed by atoms with E-state index < -0.39 is 15.9 Å². The van der Waals surface area contributed by atoms with Crippen molar-refractivity contribution in [1.82, 2.24) is 15.6 Å². The Hall–Kier alpha value is -3.22. The number of amides is 1. The maximum Gasteiger partial charge on any atom is 0.263 e. The number of primary sulfonamides is 1. The third-order valence-corrected chi connectivity index (χ3v) is 4.27. The van der Waals surface area contributed by atoms with E-state index in [1.165, 1.54) is 18.3 Å². The molecule has 0 fully saturated rings. The van der Waals surface area contributed by atoms with Crippen LogP contribution in [0.1, 0.15) is 11.1 Å². The lowest BCUT2D eigenvalue weighted by Gasteiger charge is -2.06. The fourth-order valence-electron chi connectivity index (χ4n) is 2.00. The van der Waals surface area contributed by atoms with Gasteiger partial charge in [0.1, 0.15) is 11.6 Å². The smallest absolute Gasteiger partial charge is 0.263 e. The molecule has 26 heavy (non-hydrogen) atoms. The van der Waals surface area contributed by atoms with E-state index in [0.29, 0.717) is 6.54 Å². The lowest BCUT2D eigenvalue weighted by atomic mass is 10.2. The molecule has 1 amide bonds. The number of nitrogens with one attached hydrogen (secondary N) is 2. The quantitative estimate of drug-likeness (QED) is 0.480. The van der Waals surface area contributed by atoms with Crippen LogP contribution in [0.25, 0.3) is 0 Å². The zero-order chi connectivity index (χ0) is 19.0. The molecule has 4 N–H and O–H groups in total. The van der Waals surface area contributed by atoms with Crippen molar-refractivity contribution in [2.75, 3.05) is 0 Å². The van der Waals surface area contributed by atoms with E-state index in [0.717, 1.165) is 11.1 Å². The highest BCUT2D eigenvalue weighted by molar-refractivity contribution is 7.89. The summed E-state index contributed by atoms with van der Waals surface area (Å²) in [5.41, 5.74) is 1.51. The molecule has 0 spiro atoms. The predicted octanol–water partition coefficient (Wildman–Crippen LogP) is 0.542. The Morgan fingerprint density at radius 2 is 1.92 bits per heavy atom. The maximum absolute atomic E-state index is 12.0. The standard InChI is InChI=1S/C17H17N5O3S/c18-8-15(17(23)22-11-14-2-1-7-20-10-14)12-21-9-13-3-5-16(6-4-13)26(19,24)25/h1-7,10,12,21H,9,11H2,(H,22,23)(H2,19,24,25)/b15-12-. The molecule has 0 aliphatic heterocycles. The summed E-state index contributed by atoms with van der Waals surface area (Å²) in [4.78, 5) is 16.0. The number of hydrogen-bond donors (Lipinski definition) is 3. The molecule has 1 heterocycles. The molecular weight excluding hydrogens is 354 g/mol. The van der Waals surface area contributed by atoms with Gasteiger partial charge in [-0.1, -0.05) is 18.2 Å². The first-order valence-electron chi connectivity index (χ1n) is 7.52. The van der Waals surface area contributed by atoms with Crippen molar-refractivity contribution in [2.45, 2.75) is 18.0 Å². The number of nitriles is 1. The molecule has 8 nitrogen and oxygen atoms in total. The number of carbonyl (C=O) groups excluding carboxylic acids is 1. The Morgan fingerprint density at radius 1 is 1.19 bits per heavy atom. The molecule has 9 heteroatoms. The van der Waals surface area contributed by atoms with Gasteiger partial charge >= 0.3 is 0 Å². The summed E-state index contributed by atoms with van der Waals surface area (Å²) in [5.74, 6) is -0.506. The number of rotatable bonds is 7. The monoisotopic (exact) mass is 371 g/mol. The fraction of sp³-hybridized carbons (Fsp3) is 0.118. The summed E-state index contributed by atoms with van der Waals surface area (Å²) in [6.45, 7) is 0.576. The molecule has 0 bridgehead atoms. The average molecular weight is 371 g/mol. The first-order valence-corrected chi connectivity index (χ1v) is 9.07. The van der Waals surface area contributed by atoms with E-state index in [-0.39, 0.29) is 17.0 Å². The van der Waals surface area contributed by atoms with Crippen LogP contribution in [-0.2, 0) is 27.9 Å². The van der Waals surface area contributed by atoms with Gasteiger partial charge in [-0.2, -0.15) is 5.26 Å². The minimum atomic E-state index is -3.73. The van der Waals surface area contributed by atoms with Crippen LogP contribution in [0.4, 0.5) is 0 Å². The number of nitrogens with two attached hydrogens (primary N) is 1. The summed E-state index contributed by atoms with van der Waals surface area (Å²) < 4.78 is 22.4. The number of benzene rings is 1. The molecule has 0 atom stereocenters. The zero-order valence-electron chi connectivity index (χ0n) is 13.7. The Kier molecular flexibility index (Phi) is 6.43. The van der Waals surface area contributed by atoms with Gasteiger partial charge in [0, 0.05) is 31.7 Å². The van der Waals surface area contributed by atoms with Crippen LogP contribution >= 0.6 is 0 Å². The molecule has 0 saturated carbocycles. The van der Waals surface area contributed by atoms with E-state index in [4.69, 9.17) is 10.4 Å². The van der Waals surface area contributed by atoms with E-state index in [9.17, 15) is 13.2 Å². The van der Waals surface area contributed by atoms with Crippen LogP contribution in [-0.4, -0.2) is 19.3 Å². The van der Waals surface area contributed by atoms with Gasteiger partial charge in [-0.15, -0.1) is 0 Å². The lowest BCUT2D eigenvalue weighted by Crippen LogP contribution is -2.25. The predicted molar refractivity (Wildman–Crippen MR) is 94.4 cm³/mol. The van der Waals surface area contributed by atoms with Gasteiger partial charge in [-0.3, -0.25) is 9.78 Å². The second kappa shape index (κ2) is 8.75. The summed E-state index contributed by atoms with van der Waals surface area (Å²) in [6.07, 6.45) is 4.57. The highest BCUT2D eigenvalue weighted by Crippen LogP contribution is 2.08. The van der Waals surface area contributed by atoms with Crippen LogP contribution in [0.2, 0.25) is 0 Å². The summed E-state index contributed by atoms with van der Waals surface area (Å²) in [6, 6.07) is 11.4. The van der Waals surface area contributed by atoms with E-state index in [2.05, 4.69) is 15.6 Å². The summed E-state index contributed by atoms with van der Waals surface area (Å²) >= 11 is 0. The first-order chi connectivity index (χ1) is 12.4. The second-order valence-electron chi connectivity index (χ2n) is 5.28. The first kappa shape index (κ1) is 19.1. The Bertz CT molecular complexity index is 933. The number of pyridine rings is 1. The maximum atomic E-state index is 12.0. The topological polar surface area (TPSA) is 138 Å². The highest BCUT2D eigenvalue weighted by Gasteiger charge is 2.09. The number of hydrogen-bond acceptors (Lipinski definition) is 6. The Balaban J connectivity index is 1.90. The van der Waals surface area contributed by atoms with Crippen molar-refractivity contribution in [3.8, 4) is 6.07 Å². The van der Waals surface area contributed by atoms with Crippen molar-refractivity contribution in [2.24, 2.45) is 5.14 Å². The third kappa shape index (κ3) is 5.70. The molecule has 1 aromatic carbocycles. The minimum absolute atomic E-state index is 0.0179. The molecule has 2 rings (SSSR count). The average Bonchev–Trinajstić information content (AvgIpc) is 2.64. The van der Waals surface area contributed by atoms with Crippen LogP contribution < -0.4 is 15.8 Å². The van der Waals surface area contributed by atoms with Crippen molar-refractivity contribution in [3.05, 3.63) is 71.7 Å². The van der Waals surface area contributed by atoms with E-state index in [1.807, 2.05) is 12.1 Å². The minimum Gasteiger partial charge on any atom is -0.386 e. The third-order valence-electron chi connectivity index (χ3n) is 3.35. The molecule has 0 unspecified atom stereocenters. The highest BCUT2D eigenvalue weighted by atomic mass is 32.2. The van der Waals surface area contributed by atoms with Crippen LogP contribution in [0.15, 0.2) is 65.5 Å². The lowest BCUT2D eigenvalue weighted by molar-refractivity contribution is -0.117. The van der Waals surface area contributed by atoms with Gasteiger partial charge in [0.05, 0.1) is 4.90 Å². The van der Waals surface area contributed by atoms with Gasteiger partial charge in [0.25, 0.3) is 5.91 Å². The largest absolute Gasteiger partial charge is 0.386 e. The van der Waals surface area contributed by atoms with Gasteiger partial charge in [-0.25, -0.2) is 13.6 Å². The van der Waals surface area contributed by atoms with Crippen LogP contribution in [0.5, 0.6) is 0 Å². The van der Waals surface area contributed by atoms with Gasteiger partial charge in [0.2, 0.25) is 10.0 Å². The van der Waals surface area contributed by atoms with Gasteiger partial charge in [-0.05, 0) is 29.3 Å². The Morgan fingerprint density at radius 3 is 2.50 bits per heavy atom. The van der Waals surface area contributed by atoms with E-state index in [1.54, 1.807) is 30.6 Å². The Labute approximate surface area is 151 Å². The number of carbonyl (C=O) groups is 1. The van der Waals surface area contributed by atoms with E-state index >= 15 is 0 Å². The molecule has 134 valence electrons. The van der Waals surface area contributed by atoms with Gasteiger partial charge < -0.3 is 10.6 Å². The second-order valence-corrected chi connectivity index (χ2v) is 6.85. The molecular formula is C17H17N5O3S. The van der Waals surface area contributed by atoms with Crippen molar-refractivity contribution < 1.29 is 13.2 Å². The molecule has 1 aromatic heterocycles.